The van der Waals surface area contributed by atoms with Crippen molar-refractivity contribution in [3.8, 4) is 5.75 Å². The number of anilines is 1. The highest BCUT2D eigenvalue weighted by Gasteiger charge is 2.18. The summed E-state index contributed by atoms with van der Waals surface area (Å²) in [6.45, 7) is 6.42. The molecule has 0 aliphatic heterocycles. The number of nitrogens with one attached hydrogen (secondary N) is 1. The first-order valence-electron chi connectivity index (χ1n) is 7.42. The molecular formula is C19H23NO2. The first kappa shape index (κ1) is 16.1. The highest BCUT2D eigenvalue weighted by molar-refractivity contribution is 5.93. The second-order valence-electron chi connectivity index (χ2n) is 6.37. The van der Waals surface area contributed by atoms with Gasteiger partial charge in [-0.15, -0.1) is 0 Å². The van der Waals surface area contributed by atoms with E-state index < -0.39 is 0 Å². The van der Waals surface area contributed by atoms with Crippen molar-refractivity contribution >= 4 is 11.6 Å². The summed E-state index contributed by atoms with van der Waals surface area (Å²) in [5.74, 6) is 0.782. The quantitative estimate of drug-likeness (QED) is 0.919. The Morgan fingerprint density at radius 1 is 1.05 bits per heavy atom. The van der Waals surface area contributed by atoms with Gasteiger partial charge in [0.15, 0.2) is 0 Å². The Hall–Kier alpha value is -2.29. The molecule has 2 aromatic carbocycles. The number of hydrogen-bond donors (Lipinski definition) is 1. The molecule has 0 unspecified atom stereocenters. The van der Waals surface area contributed by atoms with Gasteiger partial charge in [0, 0.05) is 5.69 Å². The average molecular weight is 297 g/mol. The molecule has 0 atom stereocenters. The minimum atomic E-state index is -0.0122. The van der Waals surface area contributed by atoms with E-state index in [1.54, 1.807) is 7.11 Å². The van der Waals surface area contributed by atoms with E-state index in [1.807, 2.05) is 42.5 Å². The summed E-state index contributed by atoms with van der Waals surface area (Å²) < 4.78 is 5.12. The van der Waals surface area contributed by atoms with Gasteiger partial charge in [0.2, 0.25) is 5.91 Å². The molecule has 0 heterocycles. The van der Waals surface area contributed by atoms with E-state index in [1.165, 1.54) is 0 Å². The SMILES string of the molecule is COc1ccc(CC(=O)Nc2ccccc2C(C)(C)C)cc1. The lowest BCUT2D eigenvalue weighted by Gasteiger charge is -2.23. The molecule has 3 nitrogen and oxygen atoms in total. The summed E-state index contributed by atoms with van der Waals surface area (Å²) in [6.07, 6.45) is 0.350. The van der Waals surface area contributed by atoms with Crippen molar-refractivity contribution in [2.24, 2.45) is 0 Å². The van der Waals surface area contributed by atoms with Crippen LogP contribution >= 0.6 is 0 Å². The van der Waals surface area contributed by atoms with Gasteiger partial charge in [-0.1, -0.05) is 51.1 Å². The Balaban J connectivity index is 2.09. The van der Waals surface area contributed by atoms with Crippen LogP contribution in [0.4, 0.5) is 5.69 Å². The lowest BCUT2D eigenvalue weighted by atomic mass is 9.86. The molecule has 0 radical (unpaired) electrons. The molecular weight excluding hydrogens is 274 g/mol. The molecule has 0 aliphatic rings. The number of amides is 1. The highest BCUT2D eigenvalue weighted by Crippen LogP contribution is 2.29. The largest absolute Gasteiger partial charge is 0.497 e. The van der Waals surface area contributed by atoms with E-state index in [0.29, 0.717) is 6.42 Å². The van der Waals surface area contributed by atoms with Gasteiger partial charge in [-0.25, -0.2) is 0 Å². The van der Waals surface area contributed by atoms with Gasteiger partial charge in [-0.2, -0.15) is 0 Å². The summed E-state index contributed by atoms with van der Waals surface area (Å²) in [7, 11) is 1.63. The molecule has 1 N–H and O–H groups in total. The zero-order chi connectivity index (χ0) is 16.2. The zero-order valence-electron chi connectivity index (χ0n) is 13.6. The van der Waals surface area contributed by atoms with Gasteiger partial charge >= 0.3 is 0 Å². The van der Waals surface area contributed by atoms with Crippen molar-refractivity contribution in [2.45, 2.75) is 32.6 Å². The maximum atomic E-state index is 12.3. The van der Waals surface area contributed by atoms with Crippen LogP contribution in [0.25, 0.3) is 0 Å². The van der Waals surface area contributed by atoms with Gasteiger partial charge in [0.1, 0.15) is 5.75 Å². The van der Waals surface area contributed by atoms with E-state index in [4.69, 9.17) is 4.74 Å². The third kappa shape index (κ3) is 4.10. The number of methoxy groups -OCH3 is 1. The second kappa shape index (κ2) is 6.65. The number of carbonyl (C=O) groups is 1. The van der Waals surface area contributed by atoms with Gasteiger partial charge in [-0.3, -0.25) is 4.79 Å². The minimum Gasteiger partial charge on any atom is -0.497 e. The fourth-order valence-electron chi connectivity index (χ4n) is 2.37. The van der Waals surface area contributed by atoms with Crippen molar-refractivity contribution in [3.63, 3.8) is 0 Å². The van der Waals surface area contributed by atoms with E-state index in [2.05, 4.69) is 32.2 Å². The maximum Gasteiger partial charge on any atom is 0.228 e. The predicted molar refractivity (Wildman–Crippen MR) is 90.5 cm³/mol. The third-order valence-electron chi connectivity index (χ3n) is 3.53. The summed E-state index contributed by atoms with van der Waals surface area (Å²) in [4.78, 5) is 12.3. The van der Waals surface area contributed by atoms with Crippen LogP contribution in [0.1, 0.15) is 31.9 Å². The lowest BCUT2D eigenvalue weighted by molar-refractivity contribution is -0.115. The topological polar surface area (TPSA) is 38.3 Å². The van der Waals surface area contributed by atoms with Crippen molar-refractivity contribution in [2.75, 3.05) is 12.4 Å². The first-order valence-corrected chi connectivity index (χ1v) is 7.42. The van der Waals surface area contributed by atoms with Crippen LogP contribution in [0.5, 0.6) is 5.75 Å². The van der Waals surface area contributed by atoms with Crippen LogP contribution in [0.2, 0.25) is 0 Å². The summed E-state index contributed by atoms with van der Waals surface area (Å²) >= 11 is 0. The molecule has 0 spiro atoms. The van der Waals surface area contributed by atoms with Crippen LogP contribution in [-0.2, 0) is 16.6 Å². The van der Waals surface area contributed by atoms with Gasteiger partial charge < -0.3 is 10.1 Å². The molecule has 22 heavy (non-hydrogen) atoms. The number of para-hydroxylation sites is 1. The Labute approximate surface area is 132 Å². The zero-order valence-corrected chi connectivity index (χ0v) is 13.6. The molecule has 116 valence electrons. The molecule has 0 aromatic heterocycles. The Morgan fingerprint density at radius 2 is 1.68 bits per heavy atom. The van der Waals surface area contributed by atoms with Crippen LogP contribution in [-0.4, -0.2) is 13.0 Å². The number of benzene rings is 2. The molecule has 2 rings (SSSR count). The maximum absolute atomic E-state index is 12.3. The molecule has 0 bridgehead atoms. The van der Waals surface area contributed by atoms with Crippen molar-refractivity contribution in [3.05, 3.63) is 59.7 Å². The third-order valence-corrected chi connectivity index (χ3v) is 3.53. The second-order valence-corrected chi connectivity index (χ2v) is 6.37. The molecule has 0 aliphatic carbocycles. The molecule has 0 saturated heterocycles. The van der Waals surface area contributed by atoms with Crippen molar-refractivity contribution in [1.29, 1.82) is 0 Å². The monoisotopic (exact) mass is 297 g/mol. The van der Waals surface area contributed by atoms with E-state index in [0.717, 1.165) is 22.6 Å². The van der Waals surface area contributed by atoms with Gasteiger partial charge in [-0.05, 0) is 34.7 Å². The number of carbonyl (C=O) groups excluding carboxylic acids is 1. The lowest BCUT2D eigenvalue weighted by Crippen LogP contribution is -2.19. The predicted octanol–water partition coefficient (Wildman–Crippen LogP) is 4.17. The van der Waals surface area contributed by atoms with E-state index >= 15 is 0 Å². The van der Waals surface area contributed by atoms with Crippen LogP contribution in [0.15, 0.2) is 48.5 Å². The minimum absolute atomic E-state index is 0.00993. The molecule has 3 heteroatoms. The average Bonchev–Trinajstić information content (AvgIpc) is 2.47. The normalized spacial score (nSPS) is 11.1. The smallest absolute Gasteiger partial charge is 0.228 e. The van der Waals surface area contributed by atoms with Crippen LogP contribution in [0, 0.1) is 0 Å². The summed E-state index contributed by atoms with van der Waals surface area (Å²) in [6, 6.07) is 15.5. The number of hydrogen-bond acceptors (Lipinski definition) is 2. The van der Waals surface area contributed by atoms with E-state index in [-0.39, 0.29) is 11.3 Å². The highest BCUT2D eigenvalue weighted by atomic mass is 16.5. The first-order chi connectivity index (χ1) is 10.4. The molecule has 2 aromatic rings. The summed E-state index contributed by atoms with van der Waals surface area (Å²) in [5.41, 5.74) is 2.97. The molecule has 1 amide bonds. The number of rotatable bonds is 4. The fraction of sp³-hybridized carbons (Fsp3) is 0.316. The number of ether oxygens (including phenoxy) is 1. The Kier molecular flexibility index (Phi) is 4.86. The fourth-order valence-corrected chi connectivity index (χ4v) is 2.37. The van der Waals surface area contributed by atoms with Crippen LogP contribution < -0.4 is 10.1 Å². The molecule has 0 saturated carbocycles. The van der Waals surface area contributed by atoms with Crippen molar-refractivity contribution < 1.29 is 9.53 Å². The molecule has 0 fully saturated rings. The van der Waals surface area contributed by atoms with Gasteiger partial charge in [0.25, 0.3) is 0 Å². The van der Waals surface area contributed by atoms with E-state index in [9.17, 15) is 4.79 Å². The standard InChI is InChI=1S/C19H23NO2/c1-19(2,3)16-7-5-6-8-17(16)20-18(21)13-14-9-11-15(22-4)12-10-14/h5-12H,13H2,1-4H3,(H,20,21). The Bertz CT molecular complexity index is 639. The Morgan fingerprint density at radius 3 is 2.27 bits per heavy atom. The van der Waals surface area contributed by atoms with Crippen molar-refractivity contribution in [1.82, 2.24) is 0 Å². The van der Waals surface area contributed by atoms with Gasteiger partial charge in [0.05, 0.1) is 13.5 Å². The van der Waals surface area contributed by atoms with Crippen LogP contribution in [0.3, 0.4) is 0 Å². The summed E-state index contributed by atoms with van der Waals surface area (Å²) in [5, 5.41) is 3.02.